The van der Waals surface area contributed by atoms with Crippen LogP contribution in [0.1, 0.15) is 36.0 Å². The molecule has 1 saturated heterocycles. The van der Waals surface area contributed by atoms with E-state index in [9.17, 15) is 9.59 Å². The second-order valence-corrected chi connectivity index (χ2v) is 6.78. The lowest BCUT2D eigenvalue weighted by molar-refractivity contribution is -0.114. The molecule has 1 unspecified atom stereocenters. The lowest BCUT2D eigenvalue weighted by atomic mass is 10.00. The summed E-state index contributed by atoms with van der Waals surface area (Å²) < 4.78 is 0.830. The molecule has 0 aromatic heterocycles. The number of amides is 1. The Morgan fingerprint density at radius 1 is 1.29 bits per heavy atom. The van der Waals surface area contributed by atoms with E-state index in [0.717, 1.165) is 23.1 Å². The highest BCUT2D eigenvalue weighted by atomic mass is 79.9. The molecule has 0 radical (unpaired) electrons. The number of ketones is 1. The van der Waals surface area contributed by atoms with Gasteiger partial charge in [-0.3, -0.25) is 9.59 Å². The second kappa shape index (κ2) is 5.89. The highest BCUT2D eigenvalue weighted by molar-refractivity contribution is 9.10. The average Bonchev–Trinajstić information content (AvgIpc) is 2.71. The SMILES string of the molecule is CN1CCCCC1CCN1C(=O)C(=O)c2cc(Br)ccc21. The van der Waals surface area contributed by atoms with Gasteiger partial charge in [-0.25, -0.2) is 0 Å². The lowest BCUT2D eigenvalue weighted by Gasteiger charge is -2.33. The van der Waals surface area contributed by atoms with Crippen molar-refractivity contribution in [2.24, 2.45) is 0 Å². The molecule has 1 aromatic carbocycles. The normalized spacial score (nSPS) is 22.8. The van der Waals surface area contributed by atoms with Gasteiger partial charge in [0.2, 0.25) is 0 Å². The van der Waals surface area contributed by atoms with Gasteiger partial charge in [0, 0.05) is 17.1 Å². The molecule has 2 heterocycles. The average molecular weight is 351 g/mol. The minimum Gasteiger partial charge on any atom is -0.305 e. The quantitative estimate of drug-likeness (QED) is 0.787. The van der Waals surface area contributed by atoms with Crippen molar-refractivity contribution in [3.05, 3.63) is 28.2 Å². The number of carbonyl (C=O) groups is 2. The molecule has 3 rings (SSSR count). The van der Waals surface area contributed by atoms with Crippen molar-refractivity contribution in [3.63, 3.8) is 0 Å². The molecule has 4 nitrogen and oxygen atoms in total. The monoisotopic (exact) mass is 350 g/mol. The van der Waals surface area contributed by atoms with Gasteiger partial charge in [-0.1, -0.05) is 22.4 Å². The third kappa shape index (κ3) is 2.77. The van der Waals surface area contributed by atoms with Crippen molar-refractivity contribution >= 4 is 33.3 Å². The molecule has 0 N–H and O–H groups in total. The van der Waals surface area contributed by atoms with Gasteiger partial charge in [-0.05, 0) is 51.1 Å². The zero-order valence-corrected chi connectivity index (χ0v) is 13.7. The number of hydrogen-bond acceptors (Lipinski definition) is 3. The summed E-state index contributed by atoms with van der Waals surface area (Å²) in [6.07, 6.45) is 4.61. The van der Waals surface area contributed by atoms with Crippen LogP contribution in [-0.2, 0) is 4.79 Å². The summed E-state index contributed by atoms with van der Waals surface area (Å²) >= 11 is 3.35. The summed E-state index contributed by atoms with van der Waals surface area (Å²) in [5.74, 6) is -0.773. The molecule has 1 fully saturated rings. The zero-order valence-electron chi connectivity index (χ0n) is 12.1. The van der Waals surface area contributed by atoms with Crippen molar-refractivity contribution in [3.8, 4) is 0 Å². The van der Waals surface area contributed by atoms with Crippen LogP contribution in [0.4, 0.5) is 5.69 Å². The number of rotatable bonds is 3. The Labute approximate surface area is 133 Å². The minimum absolute atomic E-state index is 0.386. The van der Waals surface area contributed by atoms with E-state index >= 15 is 0 Å². The van der Waals surface area contributed by atoms with E-state index in [2.05, 4.69) is 27.9 Å². The number of Topliss-reactive ketones (excluding diaryl/α,β-unsaturated/α-hetero) is 1. The van der Waals surface area contributed by atoms with Gasteiger partial charge in [0.05, 0.1) is 11.3 Å². The molecule has 0 saturated carbocycles. The molecule has 2 aliphatic heterocycles. The molecule has 5 heteroatoms. The van der Waals surface area contributed by atoms with Gasteiger partial charge in [-0.15, -0.1) is 0 Å². The van der Waals surface area contributed by atoms with Crippen molar-refractivity contribution < 1.29 is 9.59 Å². The predicted octanol–water partition coefficient (Wildman–Crippen LogP) is 2.85. The van der Waals surface area contributed by atoms with Crippen molar-refractivity contribution in [2.45, 2.75) is 31.7 Å². The Morgan fingerprint density at radius 2 is 2.10 bits per heavy atom. The van der Waals surface area contributed by atoms with Crippen LogP contribution in [0.15, 0.2) is 22.7 Å². The Kier molecular flexibility index (Phi) is 4.13. The number of fused-ring (bicyclic) bond motifs is 1. The van der Waals surface area contributed by atoms with Crippen LogP contribution < -0.4 is 4.90 Å². The zero-order chi connectivity index (χ0) is 15.0. The predicted molar refractivity (Wildman–Crippen MR) is 85.7 cm³/mol. The maximum atomic E-state index is 12.2. The first kappa shape index (κ1) is 14.7. The van der Waals surface area contributed by atoms with Crippen LogP contribution in [0.2, 0.25) is 0 Å². The lowest BCUT2D eigenvalue weighted by Crippen LogP contribution is -2.40. The Hall–Kier alpha value is -1.20. The van der Waals surface area contributed by atoms with Gasteiger partial charge in [0.25, 0.3) is 11.7 Å². The summed E-state index contributed by atoms with van der Waals surface area (Å²) in [5.41, 5.74) is 1.28. The number of nitrogens with zero attached hydrogens (tertiary/aromatic N) is 2. The Morgan fingerprint density at radius 3 is 2.86 bits per heavy atom. The largest absolute Gasteiger partial charge is 0.305 e. The van der Waals surface area contributed by atoms with Crippen LogP contribution in [0.25, 0.3) is 0 Å². The van der Waals surface area contributed by atoms with E-state index < -0.39 is 0 Å². The molecular weight excluding hydrogens is 332 g/mol. The molecule has 1 aromatic rings. The number of piperidine rings is 1. The molecular formula is C16H19BrN2O2. The fourth-order valence-electron chi connectivity index (χ4n) is 3.28. The first-order valence-corrected chi connectivity index (χ1v) is 8.23. The number of halogens is 1. The number of hydrogen-bond donors (Lipinski definition) is 0. The minimum atomic E-state index is -0.387. The molecule has 0 bridgehead atoms. The fraction of sp³-hybridized carbons (Fsp3) is 0.500. The molecule has 0 aliphatic carbocycles. The standard InChI is InChI=1S/C16H19BrN2O2/c1-18-8-3-2-4-12(18)7-9-19-14-6-5-11(17)10-13(14)15(20)16(19)21/h5-6,10,12H,2-4,7-9H2,1H3. The van der Waals surface area contributed by atoms with E-state index in [0.29, 0.717) is 18.2 Å². The fourth-order valence-corrected chi connectivity index (χ4v) is 3.64. The molecule has 112 valence electrons. The van der Waals surface area contributed by atoms with E-state index in [1.807, 2.05) is 12.1 Å². The highest BCUT2D eigenvalue weighted by Crippen LogP contribution is 2.32. The van der Waals surface area contributed by atoms with Gasteiger partial charge >= 0.3 is 0 Å². The van der Waals surface area contributed by atoms with Gasteiger partial charge in [0.1, 0.15) is 0 Å². The van der Waals surface area contributed by atoms with Crippen LogP contribution >= 0.6 is 15.9 Å². The van der Waals surface area contributed by atoms with Crippen LogP contribution in [0.3, 0.4) is 0 Å². The third-order valence-electron chi connectivity index (χ3n) is 4.54. The van der Waals surface area contributed by atoms with Crippen LogP contribution in [-0.4, -0.2) is 42.8 Å². The molecule has 1 amide bonds. The van der Waals surface area contributed by atoms with E-state index in [1.54, 1.807) is 11.0 Å². The molecule has 2 aliphatic rings. The van der Waals surface area contributed by atoms with E-state index in [1.165, 1.54) is 19.3 Å². The van der Waals surface area contributed by atoms with Crippen molar-refractivity contribution in [1.29, 1.82) is 0 Å². The number of likely N-dealkylation sites (tertiary alicyclic amines) is 1. The smallest absolute Gasteiger partial charge is 0.299 e. The molecule has 21 heavy (non-hydrogen) atoms. The van der Waals surface area contributed by atoms with Crippen molar-refractivity contribution in [1.82, 2.24) is 4.90 Å². The van der Waals surface area contributed by atoms with E-state index in [4.69, 9.17) is 0 Å². The van der Waals surface area contributed by atoms with Crippen molar-refractivity contribution in [2.75, 3.05) is 25.0 Å². The number of benzene rings is 1. The molecule has 1 atom stereocenters. The summed E-state index contributed by atoms with van der Waals surface area (Å²) in [7, 11) is 2.14. The highest BCUT2D eigenvalue weighted by Gasteiger charge is 2.36. The summed E-state index contributed by atoms with van der Waals surface area (Å²) in [5, 5.41) is 0. The maximum absolute atomic E-state index is 12.2. The number of carbonyl (C=O) groups excluding carboxylic acids is 2. The third-order valence-corrected chi connectivity index (χ3v) is 5.03. The molecule has 0 spiro atoms. The topological polar surface area (TPSA) is 40.6 Å². The summed E-state index contributed by atoms with van der Waals surface area (Å²) in [6.45, 7) is 1.75. The Balaban J connectivity index is 1.74. The van der Waals surface area contributed by atoms with Crippen LogP contribution in [0, 0.1) is 0 Å². The Bertz CT molecular complexity index is 588. The summed E-state index contributed by atoms with van der Waals surface area (Å²) in [4.78, 5) is 28.2. The first-order valence-electron chi connectivity index (χ1n) is 7.44. The summed E-state index contributed by atoms with van der Waals surface area (Å²) in [6, 6.07) is 5.99. The second-order valence-electron chi connectivity index (χ2n) is 5.87. The van der Waals surface area contributed by atoms with E-state index in [-0.39, 0.29) is 11.7 Å². The van der Waals surface area contributed by atoms with Gasteiger partial charge in [0.15, 0.2) is 0 Å². The first-order chi connectivity index (χ1) is 10.1. The van der Waals surface area contributed by atoms with Gasteiger partial charge in [-0.2, -0.15) is 0 Å². The maximum Gasteiger partial charge on any atom is 0.299 e. The number of anilines is 1. The van der Waals surface area contributed by atoms with Gasteiger partial charge < -0.3 is 9.80 Å². The van der Waals surface area contributed by atoms with Crippen LogP contribution in [0.5, 0.6) is 0 Å².